The Kier molecular flexibility index (Phi) is 8.30. The van der Waals surface area contributed by atoms with Crippen LogP contribution in [0.3, 0.4) is 0 Å². The smallest absolute Gasteiger partial charge is 0.337 e. The minimum atomic E-state index is -0.389. The van der Waals surface area contributed by atoms with Crippen molar-refractivity contribution in [2.45, 2.75) is 26.8 Å². The third-order valence-electron chi connectivity index (χ3n) is 5.96. The fourth-order valence-electron chi connectivity index (χ4n) is 4.37. The molecule has 0 bridgehead atoms. The lowest BCUT2D eigenvalue weighted by Crippen LogP contribution is -2.13. The zero-order valence-corrected chi connectivity index (χ0v) is 20.5. The van der Waals surface area contributed by atoms with E-state index < -0.39 is 0 Å². The van der Waals surface area contributed by atoms with Crippen molar-refractivity contribution < 1.29 is 33.3 Å². The fourth-order valence-corrected chi connectivity index (χ4v) is 4.37. The summed E-state index contributed by atoms with van der Waals surface area (Å²) in [5.74, 6) is 0.963. The zero-order valence-electron chi connectivity index (χ0n) is 20.5. The number of hydrogen-bond donors (Lipinski definition) is 0. The molecule has 2 heterocycles. The minimum absolute atomic E-state index is 0.389. The van der Waals surface area contributed by atoms with Gasteiger partial charge >= 0.3 is 5.97 Å². The number of carbonyl (C=O) groups is 3. The first kappa shape index (κ1) is 25.6. The Morgan fingerprint density at radius 2 is 1.69 bits per heavy atom. The number of hydrogen-bond acceptors (Lipinski definition) is 7. The highest BCUT2D eigenvalue weighted by atomic mass is 16.5. The summed E-state index contributed by atoms with van der Waals surface area (Å²) < 4.78 is 22.0. The van der Waals surface area contributed by atoms with Crippen molar-refractivity contribution >= 4 is 18.7 Å². The lowest BCUT2D eigenvalue weighted by atomic mass is 9.94. The average Bonchev–Trinajstić information content (AvgIpc) is 3.19. The predicted octanol–water partition coefficient (Wildman–Crippen LogP) is 4.48. The van der Waals surface area contributed by atoms with E-state index in [0.29, 0.717) is 42.4 Å². The molecule has 1 aromatic heterocycles. The maximum atomic E-state index is 12.1. The maximum absolute atomic E-state index is 12.1. The first-order valence-corrected chi connectivity index (χ1v) is 11.1. The van der Waals surface area contributed by atoms with E-state index in [1.807, 2.05) is 31.2 Å². The summed E-state index contributed by atoms with van der Waals surface area (Å²) in [6.07, 6.45) is 1.70. The monoisotopic (exact) mass is 479 g/mol. The maximum Gasteiger partial charge on any atom is 0.337 e. The number of carbonyl (C=O) groups excluding carboxylic acids is 3. The highest BCUT2D eigenvalue weighted by molar-refractivity contribution is 5.95. The molecule has 0 saturated heterocycles. The molecule has 184 valence electrons. The quantitative estimate of drug-likeness (QED) is 0.364. The van der Waals surface area contributed by atoms with E-state index in [0.717, 1.165) is 46.2 Å². The summed E-state index contributed by atoms with van der Waals surface area (Å²) in [4.78, 5) is 33.0. The van der Waals surface area contributed by atoms with E-state index in [1.54, 1.807) is 33.3 Å². The second-order valence-electron chi connectivity index (χ2n) is 7.74. The van der Waals surface area contributed by atoms with Crippen molar-refractivity contribution in [2.24, 2.45) is 0 Å². The molecule has 0 N–H and O–H groups in total. The van der Waals surface area contributed by atoms with E-state index in [1.165, 1.54) is 7.11 Å². The van der Waals surface area contributed by atoms with Gasteiger partial charge in [-0.15, -0.1) is 0 Å². The number of methoxy groups -OCH3 is 3. The molecule has 1 aliphatic rings. The summed E-state index contributed by atoms with van der Waals surface area (Å²) in [6.45, 7) is 5.39. The molecule has 35 heavy (non-hydrogen) atoms. The predicted molar refractivity (Wildman–Crippen MR) is 131 cm³/mol. The van der Waals surface area contributed by atoms with Gasteiger partial charge in [0.05, 0.1) is 44.9 Å². The van der Waals surface area contributed by atoms with Gasteiger partial charge < -0.3 is 23.5 Å². The first-order valence-electron chi connectivity index (χ1n) is 11.1. The third kappa shape index (κ3) is 4.91. The van der Waals surface area contributed by atoms with Gasteiger partial charge in [0.1, 0.15) is 0 Å². The zero-order chi connectivity index (χ0) is 25.5. The first-order chi connectivity index (χ1) is 16.9. The largest absolute Gasteiger partial charge is 0.493 e. The molecule has 0 fully saturated rings. The van der Waals surface area contributed by atoms with Crippen LogP contribution in [-0.2, 0) is 27.2 Å². The van der Waals surface area contributed by atoms with Gasteiger partial charge in [0.25, 0.3) is 6.47 Å². The molecular weight excluding hydrogens is 450 g/mol. The number of nitrogens with zero attached hydrogens (tertiary/aromatic N) is 1. The van der Waals surface area contributed by atoms with Crippen molar-refractivity contribution in [3.05, 3.63) is 58.8 Å². The van der Waals surface area contributed by atoms with Gasteiger partial charge in [-0.2, -0.15) is 0 Å². The highest BCUT2D eigenvalue weighted by Gasteiger charge is 2.28. The summed E-state index contributed by atoms with van der Waals surface area (Å²) in [5, 5.41) is 0. The molecule has 8 nitrogen and oxygen atoms in total. The summed E-state index contributed by atoms with van der Waals surface area (Å²) in [7, 11) is 4.60. The summed E-state index contributed by atoms with van der Waals surface area (Å²) >= 11 is 0. The third-order valence-corrected chi connectivity index (χ3v) is 5.96. The molecule has 0 unspecified atom stereocenters. The van der Waals surface area contributed by atoms with Crippen LogP contribution in [0.2, 0.25) is 0 Å². The molecule has 0 amide bonds. The minimum Gasteiger partial charge on any atom is -0.493 e. The Hall–Kier alpha value is -4.07. The van der Waals surface area contributed by atoms with Gasteiger partial charge in [0, 0.05) is 17.7 Å². The molecule has 0 aliphatic carbocycles. The van der Waals surface area contributed by atoms with Crippen LogP contribution in [0, 0.1) is 6.92 Å². The summed E-state index contributed by atoms with van der Waals surface area (Å²) in [5.41, 5.74) is 7.07. The normalized spacial score (nSPS) is 11.2. The van der Waals surface area contributed by atoms with E-state index in [9.17, 15) is 14.4 Å². The molecule has 8 heteroatoms. The van der Waals surface area contributed by atoms with Gasteiger partial charge in [0.15, 0.2) is 17.8 Å². The van der Waals surface area contributed by atoms with E-state index >= 15 is 0 Å². The van der Waals surface area contributed by atoms with Gasteiger partial charge in [0.2, 0.25) is 0 Å². The Morgan fingerprint density at radius 3 is 2.20 bits per heavy atom. The van der Waals surface area contributed by atoms with E-state index in [4.69, 9.17) is 14.2 Å². The average molecular weight is 480 g/mol. The number of aromatic nitrogens is 1. The van der Waals surface area contributed by atoms with Crippen molar-refractivity contribution in [2.75, 3.05) is 27.9 Å². The van der Waals surface area contributed by atoms with Crippen molar-refractivity contribution in [3.8, 4) is 33.9 Å². The number of esters is 1. The second kappa shape index (κ2) is 11.4. The number of benzene rings is 2. The van der Waals surface area contributed by atoms with Crippen molar-refractivity contribution in [1.29, 1.82) is 0 Å². The van der Waals surface area contributed by atoms with Crippen LogP contribution >= 0.6 is 0 Å². The van der Waals surface area contributed by atoms with E-state index in [2.05, 4.69) is 9.30 Å². The van der Waals surface area contributed by atoms with Crippen LogP contribution in [-0.4, -0.2) is 51.2 Å². The molecule has 0 saturated carbocycles. The van der Waals surface area contributed by atoms with Crippen LogP contribution < -0.4 is 9.47 Å². The highest BCUT2D eigenvalue weighted by Crippen LogP contribution is 2.44. The molecule has 1 aliphatic heterocycles. The molecule has 3 aromatic rings. The van der Waals surface area contributed by atoms with Gasteiger partial charge in [-0.25, -0.2) is 4.79 Å². The number of fused-ring (bicyclic) bond motifs is 3. The Balaban J connectivity index is 0.000000623. The van der Waals surface area contributed by atoms with E-state index in [-0.39, 0.29) is 5.97 Å². The van der Waals surface area contributed by atoms with Gasteiger partial charge in [-0.3, -0.25) is 9.59 Å². The van der Waals surface area contributed by atoms with Crippen LogP contribution in [0.25, 0.3) is 22.4 Å². The van der Waals surface area contributed by atoms with Crippen molar-refractivity contribution in [3.63, 3.8) is 0 Å². The SMILES string of the molecule is CCOC=O.COC(=O)c1ccc(-c2c(C)c3n(c2C=O)CCc2cc(OC)c(OC)cc2-3)cc1. The topological polar surface area (TPSA) is 93.1 Å². The number of ether oxygens (including phenoxy) is 4. The Bertz CT molecular complexity index is 1230. The Labute approximate surface area is 204 Å². The standard InChI is InChI=1S/C24H23NO5.C3H6O2/c1-14-22(15-5-7-16(8-6-15)24(27)30-4)19(13-26)25-10-9-17-11-20(28-2)21(29-3)12-18(17)23(14)25;1-2-5-3-4/h5-8,11-13H,9-10H2,1-4H3;3H,2H2,1H3. The molecule has 0 radical (unpaired) electrons. The lowest BCUT2D eigenvalue weighted by Gasteiger charge is -2.23. The van der Waals surface area contributed by atoms with Gasteiger partial charge in [-0.05, 0) is 61.2 Å². The molecule has 0 spiro atoms. The lowest BCUT2D eigenvalue weighted by molar-refractivity contribution is -0.128. The molecule has 0 atom stereocenters. The molecule has 4 rings (SSSR count). The fraction of sp³-hybridized carbons (Fsp3) is 0.296. The number of aldehydes is 1. The molecular formula is C27H29NO7. The Morgan fingerprint density at radius 1 is 1.03 bits per heavy atom. The van der Waals surface area contributed by atoms with Crippen LogP contribution in [0.1, 0.15) is 38.9 Å². The molecule has 2 aromatic carbocycles. The van der Waals surface area contributed by atoms with Crippen LogP contribution in [0.15, 0.2) is 36.4 Å². The number of rotatable bonds is 7. The summed E-state index contributed by atoms with van der Waals surface area (Å²) in [6, 6.07) is 11.1. The number of aryl methyl sites for hydroxylation is 1. The van der Waals surface area contributed by atoms with Crippen LogP contribution in [0.5, 0.6) is 11.5 Å². The van der Waals surface area contributed by atoms with Crippen molar-refractivity contribution in [1.82, 2.24) is 4.57 Å². The second-order valence-corrected chi connectivity index (χ2v) is 7.74. The van der Waals surface area contributed by atoms with Crippen LogP contribution in [0.4, 0.5) is 0 Å². The van der Waals surface area contributed by atoms with Gasteiger partial charge in [-0.1, -0.05) is 12.1 Å².